The molecule has 0 aliphatic heterocycles. The van der Waals surface area contributed by atoms with E-state index in [1.54, 1.807) is 6.26 Å². The lowest BCUT2D eigenvalue weighted by Crippen LogP contribution is -2.17. The van der Waals surface area contributed by atoms with E-state index < -0.39 is 0 Å². The van der Waals surface area contributed by atoms with E-state index in [2.05, 4.69) is 85.7 Å². The number of rotatable bonds is 6. The van der Waals surface area contributed by atoms with Crippen molar-refractivity contribution in [3.05, 3.63) is 89.4 Å². The Bertz CT molecular complexity index is 1050. The van der Waals surface area contributed by atoms with Crippen LogP contribution < -0.4 is 0 Å². The summed E-state index contributed by atoms with van der Waals surface area (Å²) >= 11 is 0. The zero-order valence-corrected chi connectivity index (χ0v) is 16.5. The monoisotopic (exact) mass is 372 g/mol. The van der Waals surface area contributed by atoms with Gasteiger partial charge in [-0.2, -0.15) is 5.10 Å². The normalized spacial score (nSPS) is 11.3. The second-order valence-corrected chi connectivity index (χ2v) is 7.32. The Hall–Kier alpha value is -3.18. The molecule has 5 nitrogen and oxygen atoms in total. The topological polar surface area (TPSA) is 47.1 Å². The van der Waals surface area contributed by atoms with Gasteiger partial charge in [0, 0.05) is 36.5 Å². The van der Waals surface area contributed by atoms with Gasteiger partial charge in [-0.05, 0) is 39.1 Å². The van der Waals surface area contributed by atoms with Crippen LogP contribution in [0.2, 0.25) is 0 Å². The van der Waals surface area contributed by atoms with Crippen molar-refractivity contribution in [3.8, 4) is 16.9 Å². The number of hydrogen-bond acceptors (Lipinski definition) is 4. The molecule has 2 aromatic heterocycles. The summed E-state index contributed by atoms with van der Waals surface area (Å²) in [7, 11) is 2.08. The fourth-order valence-corrected chi connectivity index (χ4v) is 3.33. The first-order chi connectivity index (χ1) is 13.6. The van der Waals surface area contributed by atoms with Crippen molar-refractivity contribution in [2.45, 2.75) is 26.9 Å². The highest BCUT2D eigenvalue weighted by atomic mass is 16.5. The largest absolute Gasteiger partial charge is 0.364 e. The summed E-state index contributed by atoms with van der Waals surface area (Å²) in [6, 6.07) is 18.8. The molecule has 4 aromatic rings. The molecule has 0 aliphatic rings. The van der Waals surface area contributed by atoms with E-state index in [1.165, 1.54) is 16.7 Å². The van der Waals surface area contributed by atoms with E-state index in [-0.39, 0.29) is 0 Å². The Kier molecular flexibility index (Phi) is 5.08. The summed E-state index contributed by atoms with van der Waals surface area (Å²) in [5.41, 5.74) is 7.77. The molecule has 0 atom stereocenters. The van der Waals surface area contributed by atoms with Crippen molar-refractivity contribution in [2.24, 2.45) is 0 Å². The number of hydrogen-bond donors (Lipinski definition) is 0. The second kappa shape index (κ2) is 7.82. The van der Waals surface area contributed by atoms with Crippen LogP contribution in [-0.2, 0) is 13.1 Å². The zero-order chi connectivity index (χ0) is 19.5. The van der Waals surface area contributed by atoms with Gasteiger partial charge in [-0.15, -0.1) is 0 Å². The first-order valence-corrected chi connectivity index (χ1v) is 9.39. The summed E-state index contributed by atoms with van der Waals surface area (Å²) in [5.74, 6) is 0. The third-order valence-corrected chi connectivity index (χ3v) is 4.74. The quantitative estimate of drug-likeness (QED) is 0.489. The maximum absolute atomic E-state index is 4.95. The minimum absolute atomic E-state index is 0.722. The van der Waals surface area contributed by atoms with E-state index in [0.29, 0.717) is 0 Å². The first-order valence-electron chi connectivity index (χ1n) is 9.39. The third kappa shape index (κ3) is 4.05. The molecule has 0 bridgehead atoms. The molecule has 2 heterocycles. The van der Waals surface area contributed by atoms with E-state index in [0.717, 1.165) is 35.7 Å². The van der Waals surface area contributed by atoms with Gasteiger partial charge in [-0.1, -0.05) is 46.6 Å². The number of aromatic nitrogens is 3. The highest BCUT2D eigenvalue weighted by Gasteiger charge is 2.15. The lowest BCUT2D eigenvalue weighted by atomic mass is 10.1. The average Bonchev–Trinajstić information content (AvgIpc) is 3.32. The third-order valence-electron chi connectivity index (χ3n) is 4.74. The minimum Gasteiger partial charge on any atom is -0.364 e. The molecule has 28 heavy (non-hydrogen) atoms. The fraction of sp³-hybridized carbons (Fsp3) is 0.217. The number of benzene rings is 2. The second-order valence-electron chi connectivity index (χ2n) is 7.32. The molecule has 0 fully saturated rings. The maximum Gasteiger partial charge on any atom is 0.124 e. The van der Waals surface area contributed by atoms with Crippen LogP contribution in [-0.4, -0.2) is 26.9 Å². The van der Waals surface area contributed by atoms with Gasteiger partial charge in [-0.3, -0.25) is 4.90 Å². The maximum atomic E-state index is 4.95. The predicted molar refractivity (Wildman–Crippen MR) is 110 cm³/mol. The molecule has 4 rings (SSSR count). The highest BCUT2D eigenvalue weighted by molar-refractivity contribution is 5.64. The molecule has 0 saturated carbocycles. The van der Waals surface area contributed by atoms with E-state index in [9.17, 15) is 0 Å². The molecule has 0 N–H and O–H groups in total. The predicted octanol–water partition coefficient (Wildman–Crippen LogP) is 4.78. The summed E-state index contributed by atoms with van der Waals surface area (Å²) in [4.78, 5) is 2.22. The van der Waals surface area contributed by atoms with Crippen molar-refractivity contribution in [1.82, 2.24) is 19.8 Å². The number of aryl methyl sites for hydroxylation is 2. The minimum atomic E-state index is 0.722. The first kappa shape index (κ1) is 18.2. The lowest BCUT2D eigenvalue weighted by Gasteiger charge is -2.14. The Morgan fingerprint density at radius 2 is 1.79 bits per heavy atom. The van der Waals surface area contributed by atoms with Gasteiger partial charge in [0.2, 0.25) is 0 Å². The van der Waals surface area contributed by atoms with Crippen LogP contribution in [0.25, 0.3) is 16.9 Å². The van der Waals surface area contributed by atoms with Gasteiger partial charge in [0.05, 0.1) is 17.1 Å². The summed E-state index contributed by atoms with van der Waals surface area (Å²) in [6.45, 7) is 5.69. The van der Waals surface area contributed by atoms with E-state index >= 15 is 0 Å². The molecule has 0 radical (unpaired) electrons. The van der Waals surface area contributed by atoms with Crippen LogP contribution in [0.1, 0.15) is 22.4 Å². The van der Waals surface area contributed by atoms with Crippen LogP contribution in [0.4, 0.5) is 0 Å². The van der Waals surface area contributed by atoms with Crippen molar-refractivity contribution >= 4 is 0 Å². The molecule has 0 aliphatic carbocycles. The molecule has 142 valence electrons. The molecular formula is C23H24N4O. The van der Waals surface area contributed by atoms with Crippen LogP contribution in [0.5, 0.6) is 0 Å². The molecule has 0 amide bonds. The molecular weight excluding hydrogens is 348 g/mol. The van der Waals surface area contributed by atoms with Gasteiger partial charge >= 0.3 is 0 Å². The fourth-order valence-electron chi connectivity index (χ4n) is 3.33. The van der Waals surface area contributed by atoms with Crippen molar-refractivity contribution in [3.63, 3.8) is 0 Å². The van der Waals surface area contributed by atoms with Crippen molar-refractivity contribution in [1.29, 1.82) is 0 Å². The Morgan fingerprint density at radius 3 is 2.50 bits per heavy atom. The van der Waals surface area contributed by atoms with Gasteiger partial charge < -0.3 is 4.52 Å². The number of nitrogens with zero attached hydrogens (tertiary/aromatic N) is 4. The Labute approximate surface area is 165 Å². The zero-order valence-electron chi connectivity index (χ0n) is 16.5. The highest BCUT2D eigenvalue weighted by Crippen LogP contribution is 2.26. The van der Waals surface area contributed by atoms with Crippen LogP contribution in [0, 0.1) is 13.8 Å². The van der Waals surface area contributed by atoms with Crippen LogP contribution in [0.15, 0.2) is 71.6 Å². The average molecular weight is 372 g/mol. The van der Waals surface area contributed by atoms with Crippen molar-refractivity contribution < 1.29 is 4.52 Å². The molecule has 0 spiro atoms. The van der Waals surface area contributed by atoms with Crippen LogP contribution in [0.3, 0.4) is 0 Å². The standard InChI is InChI=1S/C23H24N4O/c1-17-7-9-22(10-8-17)27-15-20(14-26(3)16-21-11-12-28-25-21)23(24-27)19-6-4-5-18(2)13-19/h4-13,15H,14,16H2,1-3H3. The molecule has 0 saturated heterocycles. The molecule has 5 heteroatoms. The smallest absolute Gasteiger partial charge is 0.124 e. The summed E-state index contributed by atoms with van der Waals surface area (Å²) in [5, 5.41) is 8.94. The SMILES string of the molecule is Cc1ccc(-n2cc(CN(C)Cc3ccon3)c(-c3cccc(C)c3)n2)cc1. The van der Waals surface area contributed by atoms with Crippen molar-refractivity contribution in [2.75, 3.05) is 7.05 Å². The van der Waals surface area contributed by atoms with E-state index in [4.69, 9.17) is 9.62 Å². The Morgan fingerprint density at radius 1 is 0.964 bits per heavy atom. The van der Waals surface area contributed by atoms with Gasteiger partial charge in [-0.25, -0.2) is 4.68 Å². The summed E-state index contributed by atoms with van der Waals surface area (Å²) < 4.78 is 6.92. The van der Waals surface area contributed by atoms with E-state index in [1.807, 2.05) is 10.7 Å². The Balaban J connectivity index is 1.69. The lowest BCUT2D eigenvalue weighted by molar-refractivity contribution is 0.304. The molecule has 0 unspecified atom stereocenters. The van der Waals surface area contributed by atoms with Gasteiger partial charge in [0.1, 0.15) is 6.26 Å². The summed E-state index contributed by atoms with van der Waals surface area (Å²) in [6.07, 6.45) is 3.73. The van der Waals surface area contributed by atoms with Crippen LogP contribution >= 0.6 is 0 Å². The van der Waals surface area contributed by atoms with Gasteiger partial charge in [0.25, 0.3) is 0 Å². The molecule has 2 aromatic carbocycles. The van der Waals surface area contributed by atoms with Gasteiger partial charge in [0.15, 0.2) is 0 Å².